The van der Waals surface area contributed by atoms with Crippen LogP contribution in [-0.2, 0) is 0 Å². The molecule has 1 amide bonds. The first-order valence-corrected chi connectivity index (χ1v) is 11.9. The Bertz CT molecular complexity index is 1080. The number of piperazine rings is 1. The van der Waals surface area contributed by atoms with Gasteiger partial charge in [-0.2, -0.15) is 4.39 Å². The first-order valence-electron chi connectivity index (χ1n) is 9.83. The van der Waals surface area contributed by atoms with Crippen molar-refractivity contribution >= 4 is 62.6 Å². The molecule has 4 rings (SSSR count). The molecule has 0 radical (unpaired) electrons. The third-order valence-corrected chi connectivity index (χ3v) is 6.94. The van der Waals surface area contributed by atoms with Crippen LogP contribution in [0.5, 0.6) is 0 Å². The zero-order valence-electron chi connectivity index (χ0n) is 17.1. The summed E-state index contributed by atoms with van der Waals surface area (Å²) in [5.41, 5.74) is -0.0280. The van der Waals surface area contributed by atoms with Gasteiger partial charge in [-0.25, -0.2) is 15.0 Å². The molecule has 4 heterocycles. The number of amides is 1. The molecule has 3 aromatic heterocycles. The Balaban J connectivity index is 1.42. The highest BCUT2D eigenvalue weighted by molar-refractivity contribution is 7.17. The second-order valence-electron chi connectivity index (χ2n) is 7.05. The first kappa shape index (κ1) is 22.8. The van der Waals surface area contributed by atoms with E-state index in [0.717, 1.165) is 54.7 Å². The standard InChI is InChI=1S/C19H21ClFN7O2S2/c1-11-23-14(8-15(24-11)28-4-2-27(3-5-28)6-7-29)25-19-22-9-13(32-19)18(30)26-16-12(20)10-31-17(16)21/h8-10,29H,2-7H2,1H3,(H,26,30)(H,22,23,24,25). The Morgan fingerprint density at radius 2 is 2.09 bits per heavy atom. The van der Waals surface area contributed by atoms with Crippen molar-refractivity contribution in [1.82, 2.24) is 19.9 Å². The fourth-order valence-electron chi connectivity index (χ4n) is 3.27. The summed E-state index contributed by atoms with van der Waals surface area (Å²) in [7, 11) is 0. The van der Waals surface area contributed by atoms with Gasteiger partial charge < -0.3 is 20.6 Å². The maximum atomic E-state index is 13.7. The summed E-state index contributed by atoms with van der Waals surface area (Å²) in [6, 6.07) is 1.84. The Morgan fingerprint density at radius 3 is 2.78 bits per heavy atom. The third kappa shape index (κ3) is 5.33. The average molecular weight is 498 g/mol. The molecule has 3 N–H and O–H groups in total. The number of carbonyl (C=O) groups excluding carboxylic acids is 1. The van der Waals surface area contributed by atoms with E-state index in [2.05, 4.69) is 35.4 Å². The number of thiazole rings is 1. The van der Waals surface area contributed by atoms with Crippen LogP contribution in [0.1, 0.15) is 15.5 Å². The minimum atomic E-state index is -0.549. The number of hydrogen-bond acceptors (Lipinski definition) is 10. The molecule has 0 aliphatic carbocycles. The summed E-state index contributed by atoms with van der Waals surface area (Å²) in [5, 5.41) is 16.2. The Labute approximate surface area is 196 Å². The lowest BCUT2D eigenvalue weighted by Gasteiger charge is -2.35. The number of aliphatic hydroxyl groups is 1. The lowest BCUT2D eigenvalue weighted by molar-refractivity contribution is 0.103. The molecule has 3 aromatic rings. The minimum absolute atomic E-state index is 0.0280. The molecule has 0 aromatic carbocycles. The number of nitrogens with zero attached hydrogens (tertiary/aromatic N) is 5. The van der Waals surface area contributed by atoms with Gasteiger partial charge in [-0.3, -0.25) is 9.69 Å². The van der Waals surface area contributed by atoms with Gasteiger partial charge in [0.1, 0.15) is 28.0 Å². The monoisotopic (exact) mass is 497 g/mol. The van der Waals surface area contributed by atoms with E-state index < -0.39 is 11.0 Å². The molecule has 0 atom stereocenters. The van der Waals surface area contributed by atoms with Crippen molar-refractivity contribution < 1.29 is 14.3 Å². The highest BCUT2D eigenvalue weighted by Gasteiger charge is 2.20. The molecule has 1 aliphatic rings. The van der Waals surface area contributed by atoms with E-state index in [0.29, 0.717) is 28.2 Å². The maximum Gasteiger partial charge on any atom is 0.267 e. The number of rotatable bonds is 7. The molecule has 0 saturated carbocycles. The molecule has 1 saturated heterocycles. The van der Waals surface area contributed by atoms with Crippen LogP contribution >= 0.6 is 34.3 Å². The van der Waals surface area contributed by atoms with E-state index in [1.54, 1.807) is 0 Å². The summed E-state index contributed by atoms with van der Waals surface area (Å²) >= 11 is 7.85. The Morgan fingerprint density at radius 1 is 1.31 bits per heavy atom. The van der Waals surface area contributed by atoms with Gasteiger partial charge in [0.05, 0.1) is 17.8 Å². The van der Waals surface area contributed by atoms with Crippen molar-refractivity contribution in [2.24, 2.45) is 0 Å². The van der Waals surface area contributed by atoms with Crippen molar-refractivity contribution in [1.29, 1.82) is 0 Å². The lowest BCUT2D eigenvalue weighted by atomic mass is 10.3. The van der Waals surface area contributed by atoms with Crippen LogP contribution < -0.4 is 15.5 Å². The van der Waals surface area contributed by atoms with Crippen LogP contribution in [0.2, 0.25) is 5.02 Å². The van der Waals surface area contributed by atoms with Crippen LogP contribution in [-0.4, -0.2) is 70.2 Å². The summed E-state index contributed by atoms with van der Waals surface area (Å²) in [6.45, 7) is 5.96. The predicted octanol–water partition coefficient (Wildman–Crippen LogP) is 3.21. The van der Waals surface area contributed by atoms with Gasteiger partial charge in [0.2, 0.25) is 5.13 Å². The smallest absolute Gasteiger partial charge is 0.267 e. The number of aryl methyl sites for hydroxylation is 1. The number of halogens is 2. The minimum Gasteiger partial charge on any atom is -0.395 e. The van der Waals surface area contributed by atoms with Crippen molar-refractivity contribution in [2.75, 3.05) is 54.9 Å². The number of anilines is 4. The van der Waals surface area contributed by atoms with Gasteiger partial charge in [0, 0.05) is 44.2 Å². The van der Waals surface area contributed by atoms with Gasteiger partial charge in [-0.15, -0.1) is 11.3 Å². The van der Waals surface area contributed by atoms with Crippen molar-refractivity contribution in [2.45, 2.75) is 6.92 Å². The van der Waals surface area contributed by atoms with Gasteiger partial charge >= 0.3 is 0 Å². The second-order valence-corrected chi connectivity index (χ2v) is 9.32. The normalized spacial score (nSPS) is 14.6. The Hall–Kier alpha value is -2.38. The van der Waals surface area contributed by atoms with Crippen LogP contribution in [0, 0.1) is 12.1 Å². The summed E-state index contributed by atoms with van der Waals surface area (Å²) in [4.78, 5) is 30.3. The number of β-amino-alcohol motifs (C(OH)–C–C–N with tert-alkyl or cyclic N) is 1. The fraction of sp³-hybridized carbons (Fsp3) is 0.368. The molecule has 0 spiro atoms. The van der Waals surface area contributed by atoms with Crippen molar-refractivity contribution in [3.63, 3.8) is 0 Å². The van der Waals surface area contributed by atoms with E-state index >= 15 is 0 Å². The quantitative estimate of drug-likeness (QED) is 0.457. The lowest BCUT2D eigenvalue weighted by Crippen LogP contribution is -2.47. The zero-order chi connectivity index (χ0) is 22.7. The Kier molecular flexibility index (Phi) is 7.16. The molecule has 0 unspecified atom stereocenters. The highest BCUT2D eigenvalue weighted by Crippen LogP contribution is 2.32. The maximum absolute atomic E-state index is 13.7. The predicted molar refractivity (Wildman–Crippen MR) is 125 cm³/mol. The topological polar surface area (TPSA) is 107 Å². The number of nitrogens with one attached hydrogen (secondary N) is 2. The molecule has 9 nitrogen and oxygen atoms in total. The van der Waals surface area contributed by atoms with E-state index in [1.165, 1.54) is 11.6 Å². The average Bonchev–Trinajstić information content (AvgIpc) is 3.36. The third-order valence-electron chi connectivity index (χ3n) is 4.84. The largest absolute Gasteiger partial charge is 0.395 e. The van der Waals surface area contributed by atoms with Crippen LogP contribution in [0.4, 0.5) is 26.8 Å². The van der Waals surface area contributed by atoms with E-state index in [4.69, 9.17) is 16.7 Å². The molecular formula is C19H21ClFN7O2S2. The van der Waals surface area contributed by atoms with E-state index in [9.17, 15) is 9.18 Å². The molecule has 13 heteroatoms. The van der Waals surface area contributed by atoms with Crippen molar-refractivity contribution in [3.05, 3.63) is 38.5 Å². The summed E-state index contributed by atoms with van der Waals surface area (Å²) in [6.07, 6.45) is 1.41. The van der Waals surface area contributed by atoms with Gasteiger partial charge in [-0.1, -0.05) is 22.9 Å². The molecule has 0 bridgehead atoms. The van der Waals surface area contributed by atoms with Gasteiger partial charge in [0.25, 0.3) is 5.91 Å². The van der Waals surface area contributed by atoms with Crippen molar-refractivity contribution in [3.8, 4) is 0 Å². The van der Waals surface area contributed by atoms with Crippen LogP contribution in [0.15, 0.2) is 17.6 Å². The van der Waals surface area contributed by atoms with E-state index in [-0.39, 0.29) is 17.3 Å². The number of carbonyl (C=O) groups is 1. The SMILES string of the molecule is Cc1nc(Nc2ncc(C(=O)Nc3c(Cl)csc3F)s2)cc(N2CCN(CCO)CC2)n1. The highest BCUT2D eigenvalue weighted by atomic mass is 35.5. The summed E-state index contributed by atoms with van der Waals surface area (Å²) < 4.78 is 13.7. The number of thiophene rings is 1. The first-order chi connectivity index (χ1) is 15.4. The van der Waals surface area contributed by atoms with E-state index in [1.807, 2.05) is 13.0 Å². The number of aromatic nitrogens is 3. The molecule has 32 heavy (non-hydrogen) atoms. The van der Waals surface area contributed by atoms with Gasteiger partial charge in [0.15, 0.2) is 5.13 Å². The molecular weight excluding hydrogens is 477 g/mol. The molecule has 1 fully saturated rings. The molecule has 1 aliphatic heterocycles. The van der Waals surface area contributed by atoms with Gasteiger partial charge in [-0.05, 0) is 6.92 Å². The number of aliphatic hydroxyl groups excluding tert-OH is 1. The zero-order valence-corrected chi connectivity index (χ0v) is 19.5. The number of hydrogen-bond donors (Lipinski definition) is 3. The van der Waals surface area contributed by atoms with Crippen LogP contribution in [0.3, 0.4) is 0 Å². The second kappa shape index (κ2) is 10.0. The summed E-state index contributed by atoms with van der Waals surface area (Å²) in [5.74, 6) is 1.49. The van der Waals surface area contributed by atoms with Crippen LogP contribution in [0.25, 0.3) is 0 Å². The fourth-order valence-corrected chi connectivity index (χ4v) is 4.91. The molecule has 170 valence electrons.